The van der Waals surface area contributed by atoms with Crippen LogP contribution >= 0.6 is 0 Å². The van der Waals surface area contributed by atoms with Crippen LogP contribution in [-0.4, -0.2) is 78.6 Å². The zero-order valence-corrected chi connectivity index (χ0v) is 19.8. The van der Waals surface area contributed by atoms with Gasteiger partial charge in [0.15, 0.2) is 5.82 Å². The van der Waals surface area contributed by atoms with Gasteiger partial charge in [0, 0.05) is 31.6 Å². The Kier molecular flexibility index (Phi) is 10.6. The number of aryl methyl sites for hydroxylation is 1. The number of nitrogens with one attached hydrogen (secondary N) is 1. The number of nitrogens with zero attached hydrogens (tertiary/aromatic N) is 4. The Morgan fingerprint density at radius 1 is 0.935 bits per heavy atom. The largest absolute Gasteiger partial charge is 0.379 e. The minimum Gasteiger partial charge on any atom is -0.379 e. The van der Waals surface area contributed by atoms with E-state index in [1.807, 2.05) is 0 Å². The Hall–Kier alpha value is -1.63. The molecule has 1 N–H and O–H groups in total. The minimum atomic E-state index is 0.872. The summed E-state index contributed by atoms with van der Waals surface area (Å²) in [6.45, 7) is 15.1. The van der Waals surface area contributed by atoms with Crippen molar-refractivity contribution in [1.29, 1.82) is 0 Å². The Balaban J connectivity index is 1.51. The number of aromatic nitrogens is 2. The zero-order chi connectivity index (χ0) is 21.7. The van der Waals surface area contributed by atoms with E-state index in [1.54, 1.807) is 0 Å². The number of hydrogen-bond acceptors (Lipinski definition) is 5. The first kappa shape index (κ1) is 24.0. The van der Waals surface area contributed by atoms with Crippen molar-refractivity contribution in [3.8, 4) is 0 Å². The van der Waals surface area contributed by atoms with Crippen LogP contribution in [0, 0.1) is 0 Å². The van der Waals surface area contributed by atoms with Gasteiger partial charge in [-0.3, -0.25) is 9.58 Å². The van der Waals surface area contributed by atoms with Crippen molar-refractivity contribution in [3.05, 3.63) is 24.3 Å². The third-order valence-corrected chi connectivity index (χ3v) is 6.21. The molecule has 2 aromatic rings. The molecule has 2 heterocycles. The molecule has 1 aliphatic heterocycles. The predicted molar refractivity (Wildman–Crippen MR) is 131 cm³/mol. The van der Waals surface area contributed by atoms with Crippen LogP contribution < -0.4 is 5.32 Å². The summed E-state index contributed by atoms with van der Waals surface area (Å²) in [6, 6.07) is 8.63. The van der Waals surface area contributed by atoms with E-state index < -0.39 is 0 Å². The summed E-state index contributed by atoms with van der Waals surface area (Å²) >= 11 is 0. The molecule has 0 atom stereocenters. The molecule has 0 saturated carbocycles. The Bertz CT molecular complexity index is 733. The molecule has 6 nitrogen and oxygen atoms in total. The van der Waals surface area contributed by atoms with E-state index in [-0.39, 0.29) is 0 Å². The second-order valence-corrected chi connectivity index (χ2v) is 8.73. The van der Waals surface area contributed by atoms with Gasteiger partial charge in [-0.05, 0) is 64.0 Å². The molecule has 1 fully saturated rings. The summed E-state index contributed by atoms with van der Waals surface area (Å²) in [7, 11) is 0. The van der Waals surface area contributed by atoms with Gasteiger partial charge in [0.1, 0.15) is 0 Å². The Morgan fingerprint density at radius 3 is 2.39 bits per heavy atom. The number of hydrogen-bond donors (Lipinski definition) is 1. The van der Waals surface area contributed by atoms with Crippen molar-refractivity contribution in [2.24, 2.45) is 0 Å². The average molecular weight is 430 g/mol. The van der Waals surface area contributed by atoms with E-state index in [0.717, 1.165) is 71.1 Å². The fourth-order valence-electron chi connectivity index (χ4n) is 4.31. The van der Waals surface area contributed by atoms with E-state index >= 15 is 0 Å². The van der Waals surface area contributed by atoms with Crippen molar-refractivity contribution in [2.45, 2.75) is 58.9 Å². The molecule has 0 radical (unpaired) electrons. The lowest BCUT2D eigenvalue weighted by Crippen LogP contribution is -2.37. The van der Waals surface area contributed by atoms with E-state index in [2.05, 4.69) is 57.9 Å². The van der Waals surface area contributed by atoms with Gasteiger partial charge in [0.05, 0.1) is 18.7 Å². The third kappa shape index (κ3) is 7.78. The number of anilines is 1. The topological polar surface area (TPSA) is 45.6 Å². The van der Waals surface area contributed by atoms with Crippen LogP contribution in [0.5, 0.6) is 0 Å². The van der Waals surface area contributed by atoms with Gasteiger partial charge in [-0.15, -0.1) is 0 Å². The molecule has 174 valence electrons. The smallest absolute Gasteiger partial charge is 0.155 e. The number of benzene rings is 1. The normalized spacial score (nSPS) is 15.2. The zero-order valence-electron chi connectivity index (χ0n) is 19.8. The quantitative estimate of drug-likeness (QED) is 0.424. The molecule has 1 aromatic heterocycles. The lowest BCUT2D eigenvalue weighted by atomic mass is 10.2. The van der Waals surface area contributed by atoms with Crippen molar-refractivity contribution in [3.63, 3.8) is 0 Å². The maximum Gasteiger partial charge on any atom is 0.155 e. The minimum absolute atomic E-state index is 0.872. The summed E-state index contributed by atoms with van der Waals surface area (Å²) in [5.74, 6) is 1.03. The standard InChI is InChI=1S/C25H43N5O/c1-3-5-14-28(15-6-4-2)17-10-18-30-24-12-8-7-11-23(24)25(27-30)26-13-9-16-29-19-21-31-22-20-29/h7-8,11-12H,3-6,9-10,13-22H2,1-2H3,(H,26,27). The first-order valence-electron chi connectivity index (χ1n) is 12.5. The molecule has 0 bridgehead atoms. The number of ether oxygens (including phenoxy) is 1. The van der Waals surface area contributed by atoms with E-state index in [9.17, 15) is 0 Å². The van der Waals surface area contributed by atoms with E-state index in [0.29, 0.717) is 0 Å². The maximum absolute atomic E-state index is 5.44. The summed E-state index contributed by atoms with van der Waals surface area (Å²) in [5.41, 5.74) is 1.24. The Labute approximate surface area is 188 Å². The molecule has 3 rings (SSSR count). The van der Waals surface area contributed by atoms with Gasteiger partial charge in [-0.1, -0.05) is 38.8 Å². The molecule has 0 aliphatic carbocycles. The molecule has 0 unspecified atom stereocenters. The first-order valence-corrected chi connectivity index (χ1v) is 12.5. The predicted octanol–water partition coefficient (Wildman–Crippen LogP) is 4.46. The number of morpholine rings is 1. The average Bonchev–Trinajstić information content (AvgIpc) is 3.16. The van der Waals surface area contributed by atoms with Gasteiger partial charge in [-0.2, -0.15) is 5.10 Å². The van der Waals surface area contributed by atoms with Crippen LogP contribution in [0.1, 0.15) is 52.4 Å². The first-order chi connectivity index (χ1) is 15.3. The molecular formula is C25H43N5O. The Morgan fingerprint density at radius 2 is 1.65 bits per heavy atom. The summed E-state index contributed by atoms with van der Waals surface area (Å²) in [4.78, 5) is 5.13. The van der Waals surface area contributed by atoms with Crippen LogP contribution in [0.4, 0.5) is 5.82 Å². The monoisotopic (exact) mass is 429 g/mol. The van der Waals surface area contributed by atoms with Crippen molar-refractivity contribution in [2.75, 3.05) is 64.3 Å². The van der Waals surface area contributed by atoms with Crippen LogP contribution in [0.15, 0.2) is 24.3 Å². The van der Waals surface area contributed by atoms with Crippen LogP contribution in [0.25, 0.3) is 10.9 Å². The summed E-state index contributed by atoms with van der Waals surface area (Å²) in [6.07, 6.45) is 7.42. The second kappa shape index (κ2) is 13.7. The van der Waals surface area contributed by atoms with Gasteiger partial charge in [-0.25, -0.2) is 0 Å². The lowest BCUT2D eigenvalue weighted by molar-refractivity contribution is 0.0378. The number of fused-ring (bicyclic) bond motifs is 1. The molecule has 1 aromatic carbocycles. The molecule has 1 saturated heterocycles. The van der Waals surface area contributed by atoms with Crippen LogP contribution in [-0.2, 0) is 11.3 Å². The number of para-hydroxylation sites is 1. The highest BCUT2D eigenvalue weighted by atomic mass is 16.5. The molecule has 6 heteroatoms. The molecule has 1 aliphatic rings. The second-order valence-electron chi connectivity index (χ2n) is 8.73. The van der Waals surface area contributed by atoms with Crippen molar-refractivity contribution < 1.29 is 4.74 Å². The van der Waals surface area contributed by atoms with Crippen LogP contribution in [0.2, 0.25) is 0 Å². The van der Waals surface area contributed by atoms with E-state index in [4.69, 9.17) is 9.84 Å². The van der Waals surface area contributed by atoms with Crippen LogP contribution in [0.3, 0.4) is 0 Å². The van der Waals surface area contributed by atoms with Gasteiger partial charge >= 0.3 is 0 Å². The summed E-state index contributed by atoms with van der Waals surface area (Å²) < 4.78 is 7.64. The SMILES string of the molecule is CCCCN(CCCC)CCCn1nc(NCCCN2CCOCC2)c2ccccc21. The highest BCUT2D eigenvalue weighted by molar-refractivity contribution is 5.90. The highest BCUT2D eigenvalue weighted by Gasteiger charge is 2.12. The maximum atomic E-state index is 5.44. The van der Waals surface area contributed by atoms with Gasteiger partial charge < -0.3 is 15.0 Å². The molecule has 0 spiro atoms. The molecular weight excluding hydrogens is 386 g/mol. The third-order valence-electron chi connectivity index (χ3n) is 6.21. The van der Waals surface area contributed by atoms with Gasteiger partial charge in [0.25, 0.3) is 0 Å². The fourth-order valence-corrected chi connectivity index (χ4v) is 4.31. The molecule has 0 amide bonds. The van der Waals surface area contributed by atoms with Crippen molar-refractivity contribution >= 4 is 16.7 Å². The van der Waals surface area contributed by atoms with Crippen molar-refractivity contribution in [1.82, 2.24) is 19.6 Å². The number of unbranched alkanes of at least 4 members (excludes halogenated alkanes) is 2. The van der Waals surface area contributed by atoms with Gasteiger partial charge in [0.2, 0.25) is 0 Å². The number of rotatable bonds is 15. The lowest BCUT2D eigenvalue weighted by Gasteiger charge is -2.26. The molecule has 31 heavy (non-hydrogen) atoms. The van der Waals surface area contributed by atoms with E-state index in [1.165, 1.54) is 49.7 Å². The summed E-state index contributed by atoms with van der Waals surface area (Å²) in [5, 5.41) is 9.79. The highest BCUT2D eigenvalue weighted by Crippen LogP contribution is 2.23. The fraction of sp³-hybridized carbons (Fsp3) is 0.720.